The molecule has 1 aromatic carbocycles. The van der Waals surface area contributed by atoms with Crippen molar-refractivity contribution < 1.29 is 0 Å². The van der Waals surface area contributed by atoms with E-state index < -0.39 is 0 Å². The molecule has 1 aromatic heterocycles. The van der Waals surface area contributed by atoms with Crippen LogP contribution in [0.1, 0.15) is 103 Å². The van der Waals surface area contributed by atoms with Gasteiger partial charge in [-0.15, -0.1) is 6.58 Å². The summed E-state index contributed by atoms with van der Waals surface area (Å²) in [6.07, 6.45) is 9.46. The van der Waals surface area contributed by atoms with Crippen molar-refractivity contribution in [2.45, 2.75) is 100.0 Å². The lowest BCUT2D eigenvalue weighted by molar-refractivity contribution is 0.323. The topological polar surface area (TPSA) is 4.93 Å². The number of aromatic nitrogens is 1. The Kier molecular flexibility index (Phi) is 11.7. The molecule has 1 saturated carbocycles. The normalized spacial score (nSPS) is 14.2. The van der Waals surface area contributed by atoms with Crippen molar-refractivity contribution in [1.29, 1.82) is 0 Å². The van der Waals surface area contributed by atoms with Crippen molar-refractivity contribution >= 4 is 5.57 Å². The van der Waals surface area contributed by atoms with E-state index in [9.17, 15) is 0 Å². The Labute approximate surface area is 193 Å². The average Bonchev–Trinajstić information content (AvgIpc) is 3.33. The number of benzene rings is 1. The third kappa shape index (κ3) is 8.93. The van der Waals surface area contributed by atoms with Gasteiger partial charge in [0.2, 0.25) is 0 Å². The number of hydrogen-bond donors (Lipinski definition) is 0. The Morgan fingerprint density at radius 3 is 1.94 bits per heavy atom. The zero-order valence-electron chi connectivity index (χ0n) is 21.5. The summed E-state index contributed by atoms with van der Waals surface area (Å²) in [5, 5.41) is 0. The molecule has 1 nitrogen and oxygen atoms in total. The molecule has 3 rings (SSSR count). The van der Waals surface area contributed by atoms with E-state index in [1.165, 1.54) is 60.2 Å². The molecule has 0 aliphatic heterocycles. The molecular weight excluding hydrogens is 374 g/mol. The smallest absolute Gasteiger partial charge is 0.0478 e. The van der Waals surface area contributed by atoms with E-state index in [4.69, 9.17) is 0 Å². The number of hydrogen-bond acceptors (Lipinski definition) is 0. The van der Waals surface area contributed by atoms with Crippen molar-refractivity contribution in [3.8, 4) is 0 Å². The minimum Gasteiger partial charge on any atom is -0.341 e. The highest BCUT2D eigenvalue weighted by molar-refractivity contribution is 5.63. The van der Waals surface area contributed by atoms with Crippen LogP contribution in [0.5, 0.6) is 0 Å². The van der Waals surface area contributed by atoms with Gasteiger partial charge in [-0.25, -0.2) is 0 Å². The third-order valence-electron chi connectivity index (χ3n) is 6.62. The second-order valence-electron chi connectivity index (χ2n) is 9.55. The Hall–Kier alpha value is -2.02. The standard InChI is InChI=1S/C17H21N.C8H16.C5H10/c1-5-16-11-14(4)18(17(16)13(2)3)12-15-9-7-6-8-10-15;1-3-8(2)6-4-5-7-8;1-4-5(2)3/h6-11H,2,5,12H2,1,3-4H3;3-7H2,1-2H3;2,4H2,1,3H3. The summed E-state index contributed by atoms with van der Waals surface area (Å²) in [6.45, 7) is 24.1. The van der Waals surface area contributed by atoms with Gasteiger partial charge in [-0.2, -0.15) is 0 Å². The molecule has 0 bridgehead atoms. The van der Waals surface area contributed by atoms with Gasteiger partial charge < -0.3 is 4.57 Å². The lowest BCUT2D eigenvalue weighted by Crippen LogP contribution is -2.07. The lowest BCUT2D eigenvalue weighted by atomic mass is 9.86. The van der Waals surface area contributed by atoms with Gasteiger partial charge >= 0.3 is 0 Å². The van der Waals surface area contributed by atoms with Gasteiger partial charge in [0.15, 0.2) is 0 Å². The molecule has 0 spiro atoms. The van der Waals surface area contributed by atoms with Crippen LogP contribution in [0.2, 0.25) is 0 Å². The summed E-state index contributed by atoms with van der Waals surface area (Å²) in [5.74, 6) is 0. The van der Waals surface area contributed by atoms with Gasteiger partial charge in [0.05, 0.1) is 0 Å². The second-order valence-corrected chi connectivity index (χ2v) is 9.55. The largest absolute Gasteiger partial charge is 0.341 e. The van der Waals surface area contributed by atoms with E-state index >= 15 is 0 Å². The van der Waals surface area contributed by atoms with Crippen LogP contribution in [0, 0.1) is 12.3 Å². The van der Waals surface area contributed by atoms with Crippen LogP contribution in [-0.4, -0.2) is 4.57 Å². The highest BCUT2D eigenvalue weighted by atomic mass is 15.0. The Bertz CT molecular complexity index is 800. The van der Waals surface area contributed by atoms with E-state index in [0.717, 1.165) is 30.4 Å². The fourth-order valence-electron chi connectivity index (χ4n) is 4.07. The zero-order chi connectivity index (χ0) is 23.4. The molecule has 0 atom stereocenters. The Balaban J connectivity index is 0.000000304. The molecule has 0 N–H and O–H groups in total. The Morgan fingerprint density at radius 2 is 1.55 bits per heavy atom. The van der Waals surface area contributed by atoms with Crippen molar-refractivity contribution in [3.05, 3.63) is 77.6 Å². The van der Waals surface area contributed by atoms with E-state index in [1.807, 2.05) is 6.92 Å². The van der Waals surface area contributed by atoms with Crippen LogP contribution in [0.25, 0.3) is 5.57 Å². The summed E-state index contributed by atoms with van der Waals surface area (Å²) in [7, 11) is 0. The maximum absolute atomic E-state index is 4.13. The van der Waals surface area contributed by atoms with Gasteiger partial charge in [0.1, 0.15) is 0 Å². The molecule has 0 saturated heterocycles. The summed E-state index contributed by atoms with van der Waals surface area (Å²) < 4.78 is 2.37. The first-order valence-corrected chi connectivity index (χ1v) is 12.2. The van der Waals surface area contributed by atoms with Crippen LogP contribution < -0.4 is 0 Å². The summed E-state index contributed by atoms with van der Waals surface area (Å²) in [5.41, 5.74) is 8.49. The van der Waals surface area contributed by atoms with Gasteiger partial charge in [-0.05, 0) is 74.6 Å². The van der Waals surface area contributed by atoms with Crippen molar-refractivity contribution in [2.75, 3.05) is 0 Å². The van der Waals surface area contributed by atoms with Crippen LogP contribution in [-0.2, 0) is 13.0 Å². The lowest BCUT2D eigenvalue weighted by Gasteiger charge is -2.19. The molecule has 172 valence electrons. The summed E-state index contributed by atoms with van der Waals surface area (Å²) in [4.78, 5) is 0. The van der Waals surface area contributed by atoms with Crippen molar-refractivity contribution in [1.82, 2.24) is 4.57 Å². The minimum absolute atomic E-state index is 0.736. The highest BCUT2D eigenvalue weighted by Gasteiger charge is 2.25. The van der Waals surface area contributed by atoms with Gasteiger partial charge in [-0.3, -0.25) is 0 Å². The first-order chi connectivity index (χ1) is 14.7. The SMILES string of the molecule is C=C(C)CC.C=C(C)c1c(CC)cc(C)n1Cc1ccccc1.CCC1(C)CCCC1. The summed E-state index contributed by atoms with van der Waals surface area (Å²) in [6, 6.07) is 12.9. The predicted molar refractivity (Wildman–Crippen MR) is 141 cm³/mol. The number of nitrogens with zero attached hydrogens (tertiary/aromatic N) is 1. The van der Waals surface area contributed by atoms with E-state index in [2.05, 4.69) is 95.7 Å². The number of rotatable bonds is 6. The molecule has 1 heteroatoms. The van der Waals surface area contributed by atoms with E-state index in [-0.39, 0.29) is 0 Å². The number of aryl methyl sites for hydroxylation is 2. The molecule has 0 amide bonds. The zero-order valence-corrected chi connectivity index (χ0v) is 21.5. The first kappa shape index (κ1) is 27.0. The van der Waals surface area contributed by atoms with Gasteiger partial charge in [-0.1, -0.05) is 89.4 Å². The molecular formula is C30H47N. The van der Waals surface area contributed by atoms with Gasteiger partial charge in [0.25, 0.3) is 0 Å². The minimum atomic E-state index is 0.736. The molecule has 1 aliphatic rings. The Morgan fingerprint density at radius 1 is 1.00 bits per heavy atom. The van der Waals surface area contributed by atoms with Crippen LogP contribution in [0.15, 0.2) is 55.1 Å². The predicted octanol–water partition coefficient (Wildman–Crippen LogP) is 9.39. The highest BCUT2D eigenvalue weighted by Crippen LogP contribution is 2.39. The molecule has 0 radical (unpaired) electrons. The molecule has 1 aliphatic carbocycles. The molecule has 0 unspecified atom stereocenters. The van der Waals surface area contributed by atoms with Gasteiger partial charge in [0, 0.05) is 17.9 Å². The fourth-order valence-corrected chi connectivity index (χ4v) is 4.07. The molecule has 1 fully saturated rings. The monoisotopic (exact) mass is 421 g/mol. The first-order valence-electron chi connectivity index (χ1n) is 12.2. The van der Waals surface area contributed by atoms with Crippen LogP contribution in [0.4, 0.5) is 0 Å². The quantitative estimate of drug-likeness (QED) is 0.409. The maximum Gasteiger partial charge on any atom is 0.0478 e. The second kappa shape index (κ2) is 13.4. The van der Waals surface area contributed by atoms with Crippen LogP contribution in [0.3, 0.4) is 0 Å². The molecule has 2 aromatic rings. The molecule has 31 heavy (non-hydrogen) atoms. The number of allylic oxidation sites excluding steroid dienone is 2. The van der Waals surface area contributed by atoms with Crippen molar-refractivity contribution in [3.63, 3.8) is 0 Å². The molecule has 1 heterocycles. The third-order valence-corrected chi connectivity index (χ3v) is 6.62. The van der Waals surface area contributed by atoms with Crippen LogP contribution >= 0.6 is 0 Å². The summed E-state index contributed by atoms with van der Waals surface area (Å²) >= 11 is 0. The van der Waals surface area contributed by atoms with E-state index in [0.29, 0.717) is 0 Å². The van der Waals surface area contributed by atoms with Crippen molar-refractivity contribution in [2.24, 2.45) is 5.41 Å². The maximum atomic E-state index is 4.13. The van der Waals surface area contributed by atoms with E-state index in [1.54, 1.807) is 0 Å². The average molecular weight is 422 g/mol. The fraction of sp³-hybridized carbons (Fsp3) is 0.533.